The summed E-state index contributed by atoms with van der Waals surface area (Å²) in [5.41, 5.74) is 0. The predicted molar refractivity (Wildman–Crippen MR) is 82.6 cm³/mol. The Kier molecular flexibility index (Phi) is 6.51. The number of piperidine rings is 1. The molecule has 1 saturated carbocycles. The summed E-state index contributed by atoms with van der Waals surface area (Å²) in [5, 5.41) is 7.50. The van der Waals surface area contributed by atoms with E-state index >= 15 is 0 Å². The van der Waals surface area contributed by atoms with Gasteiger partial charge in [0.05, 0.1) is 0 Å². The molecule has 0 bridgehead atoms. The summed E-state index contributed by atoms with van der Waals surface area (Å²) in [6, 6.07) is 1.00. The molecular formula is C15H28N2OS. The first-order valence-electron chi connectivity index (χ1n) is 7.83. The summed E-state index contributed by atoms with van der Waals surface area (Å²) in [5.74, 6) is 0.263. The minimum atomic E-state index is 0.263. The van der Waals surface area contributed by atoms with Crippen LogP contribution in [0.4, 0.5) is 0 Å². The van der Waals surface area contributed by atoms with Crippen LogP contribution in [0.5, 0.6) is 0 Å². The van der Waals surface area contributed by atoms with Gasteiger partial charge in [-0.05, 0) is 51.3 Å². The fraction of sp³-hybridized carbons (Fsp3) is 0.933. The standard InChI is InChI=1S/C15H28N2OS/c1-19-14-7-4-6-13(11-14)17-15(18)9-8-12-5-2-3-10-16-12/h12-14,16H,2-11H2,1H3,(H,17,18). The Balaban J connectivity index is 1.63. The number of amides is 1. The second-order valence-electron chi connectivity index (χ2n) is 5.97. The minimum Gasteiger partial charge on any atom is -0.353 e. The molecule has 2 rings (SSSR count). The van der Waals surface area contributed by atoms with Crippen LogP contribution in [0, 0.1) is 0 Å². The first-order valence-corrected chi connectivity index (χ1v) is 9.12. The summed E-state index contributed by atoms with van der Waals surface area (Å²) in [6.45, 7) is 1.13. The van der Waals surface area contributed by atoms with Crippen LogP contribution in [0.15, 0.2) is 0 Å². The Morgan fingerprint density at radius 1 is 1.26 bits per heavy atom. The van der Waals surface area contributed by atoms with Crippen LogP contribution in [0.25, 0.3) is 0 Å². The van der Waals surface area contributed by atoms with Gasteiger partial charge >= 0.3 is 0 Å². The van der Waals surface area contributed by atoms with Gasteiger partial charge in [0.25, 0.3) is 0 Å². The van der Waals surface area contributed by atoms with E-state index in [4.69, 9.17) is 0 Å². The van der Waals surface area contributed by atoms with E-state index in [2.05, 4.69) is 16.9 Å². The molecule has 0 spiro atoms. The number of hydrogen-bond donors (Lipinski definition) is 2. The molecular weight excluding hydrogens is 256 g/mol. The third kappa shape index (κ3) is 5.35. The summed E-state index contributed by atoms with van der Waals surface area (Å²) in [6.07, 6.45) is 12.6. The van der Waals surface area contributed by atoms with Crippen molar-refractivity contribution in [2.75, 3.05) is 12.8 Å². The topological polar surface area (TPSA) is 41.1 Å². The average Bonchev–Trinajstić information content (AvgIpc) is 2.46. The highest BCUT2D eigenvalue weighted by Gasteiger charge is 2.23. The van der Waals surface area contributed by atoms with Crippen molar-refractivity contribution in [1.82, 2.24) is 10.6 Å². The van der Waals surface area contributed by atoms with Gasteiger partial charge in [0.2, 0.25) is 5.91 Å². The maximum atomic E-state index is 12.0. The number of nitrogens with one attached hydrogen (secondary N) is 2. The van der Waals surface area contributed by atoms with Crippen molar-refractivity contribution in [2.24, 2.45) is 0 Å². The molecule has 4 heteroatoms. The fourth-order valence-corrected chi connectivity index (χ4v) is 4.09. The molecule has 2 N–H and O–H groups in total. The highest BCUT2D eigenvalue weighted by molar-refractivity contribution is 7.99. The molecule has 3 nitrogen and oxygen atoms in total. The van der Waals surface area contributed by atoms with Crippen molar-refractivity contribution in [3.8, 4) is 0 Å². The Hall–Kier alpha value is -0.220. The minimum absolute atomic E-state index is 0.263. The van der Waals surface area contributed by atoms with Gasteiger partial charge in [-0.3, -0.25) is 4.79 Å². The van der Waals surface area contributed by atoms with Crippen molar-refractivity contribution in [3.63, 3.8) is 0 Å². The first kappa shape index (κ1) is 15.2. The maximum Gasteiger partial charge on any atom is 0.220 e. The molecule has 19 heavy (non-hydrogen) atoms. The Labute approximate surface area is 121 Å². The van der Waals surface area contributed by atoms with Gasteiger partial charge in [-0.2, -0.15) is 11.8 Å². The number of carbonyl (C=O) groups is 1. The molecule has 1 aliphatic heterocycles. The lowest BCUT2D eigenvalue weighted by atomic mass is 9.94. The van der Waals surface area contributed by atoms with E-state index in [-0.39, 0.29) is 5.91 Å². The van der Waals surface area contributed by atoms with Crippen LogP contribution >= 0.6 is 11.8 Å². The normalized spacial score (nSPS) is 31.9. The van der Waals surface area contributed by atoms with Crippen LogP contribution < -0.4 is 10.6 Å². The lowest BCUT2D eigenvalue weighted by Gasteiger charge is -2.29. The Morgan fingerprint density at radius 3 is 2.89 bits per heavy atom. The van der Waals surface area contributed by atoms with Crippen molar-refractivity contribution < 1.29 is 4.79 Å². The highest BCUT2D eigenvalue weighted by atomic mass is 32.2. The zero-order chi connectivity index (χ0) is 13.5. The third-order valence-corrected chi connectivity index (χ3v) is 5.55. The van der Waals surface area contributed by atoms with E-state index in [0.717, 1.165) is 24.6 Å². The number of rotatable bonds is 5. The van der Waals surface area contributed by atoms with Gasteiger partial charge in [0.1, 0.15) is 0 Å². The molecule has 2 fully saturated rings. The second kappa shape index (κ2) is 8.15. The van der Waals surface area contributed by atoms with E-state index in [1.165, 1.54) is 38.5 Å². The SMILES string of the molecule is CSC1CCCC(NC(=O)CCC2CCCCN2)C1. The molecule has 1 heterocycles. The van der Waals surface area contributed by atoms with Crippen LogP contribution in [0.1, 0.15) is 57.8 Å². The largest absolute Gasteiger partial charge is 0.353 e. The summed E-state index contributed by atoms with van der Waals surface area (Å²) in [4.78, 5) is 12.0. The van der Waals surface area contributed by atoms with Crippen LogP contribution in [-0.4, -0.2) is 36.0 Å². The van der Waals surface area contributed by atoms with Crippen molar-refractivity contribution >= 4 is 17.7 Å². The summed E-state index contributed by atoms with van der Waals surface area (Å²) < 4.78 is 0. The average molecular weight is 284 g/mol. The van der Waals surface area contributed by atoms with Crippen LogP contribution in [-0.2, 0) is 4.79 Å². The van der Waals surface area contributed by atoms with E-state index in [9.17, 15) is 4.79 Å². The smallest absolute Gasteiger partial charge is 0.220 e. The van der Waals surface area contributed by atoms with Gasteiger partial charge in [-0.15, -0.1) is 0 Å². The molecule has 1 aliphatic carbocycles. The van der Waals surface area contributed by atoms with Crippen molar-refractivity contribution in [1.29, 1.82) is 0 Å². The van der Waals surface area contributed by atoms with Crippen molar-refractivity contribution in [3.05, 3.63) is 0 Å². The fourth-order valence-electron chi connectivity index (χ4n) is 3.27. The molecule has 2 aliphatic rings. The predicted octanol–water partition coefficient (Wildman–Crippen LogP) is 2.70. The number of hydrogen-bond acceptors (Lipinski definition) is 3. The first-order chi connectivity index (χ1) is 9.28. The van der Waals surface area contributed by atoms with Gasteiger partial charge in [-0.1, -0.05) is 12.8 Å². The van der Waals surface area contributed by atoms with Crippen LogP contribution in [0.2, 0.25) is 0 Å². The van der Waals surface area contributed by atoms with Crippen molar-refractivity contribution in [2.45, 2.75) is 75.1 Å². The molecule has 0 aromatic rings. The zero-order valence-corrected chi connectivity index (χ0v) is 12.9. The maximum absolute atomic E-state index is 12.0. The summed E-state index contributed by atoms with van der Waals surface area (Å²) in [7, 11) is 0. The molecule has 1 saturated heterocycles. The number of thioether (sulfide) groups is 1. The van der Waals surface area contributed by atoms with E-state index in [1.54, 1.807) is 0 Å². The quantitative estimate of drug-likeness (QED) is 0.815. The van der Waals surface area contributed by atoms with Gasteiger partial charge in [0.15, 0.2) is 0 Å². The molecule has 0 aromatic heterocycles. The lowest BCUT2D eigenvalue weighted by molar-refractivity contribution is -0.122. The molecule has 3 atom stereocenters. The third-order valence-electron chi connectivity index (χ3n) is 4.46. The zero-order valence-electron chi connectivity index (χ0n) is 12.1. The van der Waals surface area contributed by atoms with Gasteiger partial charge < -0.3 is 10.6 Å². The lowest BCUT2D eigenvalue weighted by Crippen LogP contribution is -2.40. The van der Waals surface area contributed by atoms with Gasteiger partial charge in [-0.25, -0.2) is 0 Å². The molecule has 110 valence electrons. The van der Waals surface area contributed by atoms with E-state index in [1.807, 2.05) is 11.8 Å². The molecule has 0 radical (unpaired) electrons. The highest BCUT2D eigenvalue weighted by Crippen LogP contribution is 2.27. The second-order valence-corrected chi connectivity index (χ2v) is 7.11. The monoisotopic (exact) mass is 284 g/mol. The Morgan fingerprint density at radius 2 is 2.16 bits per heavy atom. The Bertz CT molecular complexity index is 279. The van der Waals surface area contributed by atoms with E-state index in [0.29, 0.717) is 18.5 Å². The van der Waals surface area contributed by atoms with Gasteiger partial charge in [0, 0.05) is 23.8 Å². The van der Waals surface area contributed by atoms with Crippen LogP contribution in [0.3, 0.4) is 0 Å². The van der Waals surface area contributed by atoms with E-state index < -0.39 is 0 Å². The number of carbonyl (C=O) groups excluding carboxylic acids is 1. The molecule has 0 aromatic carbocycles. The molecule has 3 unspecified atom stereocenters. The summed E-state index contributed by atoms with van der Waals surface area (Å²) >= 11 is 1.95. The molecule has 1 amide bonds.